The number of aliphatic hydroxyl groups excluding tert-OH is 1. The fourth-order valence-corrected chi connectivity index (χ4v) is 2.78. The number of phosphoric ester groups is 1. The molecule has 0 aliphatic carbocycles. The zero-order valence-corrected chi connectivity index (χ0v) is 11.7. The van der Waals surface area contributed by atoms with Crippen LogP contribution in [0.2, 0.25) is 0 Å². The molecule has 1 aliphatic rings. The summed E-state index contributed by atoms with van der Waals surface area (Å²) in [6.07, 6.45) is -1.93. The molecule has 0 bridgehead atoms. The maximum Gasteiger partial charge on any atom is 0.472 e. The predicted molar refractivity (Wildman–Crippen MR) is 66.0 cm³/mol. The summed E-state index contributed by atoms with van der Waals surface area (Å²) in [5, 5.41) is 9.85. The Balaban J connectivity index is 2.64. The van der Waals surface area contributed by atoms with Crippen LogP contribution in [0.5, 0.6) is 0 Å². The minimum absolute atomic E-state index is 0.113. The summed E-state index contributed by atoms with van der Waals surface area (Å²) < 4.78 is 31.7. The van der Waals surface area contributed by atoms with Gasteiger partial charge in [0.05, 0.1) is 19.2 Å². The number of hydrogen-bond donors (Lipinski definition) is 2. The first-order valence-corrected chi connectivity index (χ1v) is 7.39. The van der Waals surface area contributed by atoms with Gasteiger partial charge in [-0.15, -0.1) is 0 Å². The minimum atomic E-state index is -4.18. The van der Waals surface area contributed by atoms with Gasteiger partial charge < -0.3 is 19.5 Å². The van der Waals surface area contributed by atoms with Crippen LogP contribution < -0.4 is 0 Å². The average molecular weight is 282 g/mol. The molecule has 9 heteroatoms. The molecular weight excluding hydrogens is 262 g/mol. The summed E-state index contributed by atoms with van der Waals surface area (Å²) in [4.78, 5) is 9.50. The highest BCUT2D eigenvalue weighted by Gasteiger charge is 2.45. The summed E-state index contributed by atoms with van der Waals surface area (Å²) in [7, 11) is -1.05. The lowest BCUT2D eigenvalue weighted by molar-refractivity contribution is -0.0238. The van der Waals surface area contributed by atoms with Gasteiger partial charge in [0.1, 0.15) is 26.2 Å². The van der Waals surface area contributed by atoms with E-state index in [2.05, 4.69) is 0 Å². The van der Waals surface area contributed by atoms with E-state index in [1.165, 1.54) is 7.11 Å². The van der Waals surface area contributed by atoms with E-state index in [9.17, 15) is 14.6 Å². The molecular formula is C9H20BO7P. The fraction of sp³-hybridized carbons (Fsp3) is 1.00. The number of phosphoric acid groups is 1. The first-order valence-electron chi connectivity index (χ1n) is 5.89. The van der Waals surface area contributed by atoms with E-state index in [0.717, 1.165) is 0 Å². The quantitative estimate of drug-likeness (QED) is 0.469. The number of rotatable bonds is 7. The molecule has 0 amide bonds. The van der Waals surface area contributed by atoms with E-state index in [1.54, 1.807) is 7.85 Å². The van der Waals surface area contributed by atoms with Crippen LogP contribution in [0.15, 0.2) is 0 Å². The molecule has 1 rings (SSSR count). The SMILES string of the molecule is B[C@@H]1O[C@H](COC)C(OP(=O)(O)OCCC)[C@@H]1O. The van der Waals surface area contributed by atoms with Crippen molar-refractivity contribution in [3.8, 4) is 0 Å². The highest BCUT2D eigenvalue weighted by molar-refractivity contribution is 7.47. The summed E-state index contributed by atoms with van der Waals surface area (Å²) >= 11 is 0. The first-order chi connectivity index (χ1) is 8.41. The highest BCUT2D eigenvalue weighted by atomic mass is 31.2. The van der Waals surface area contributed by atoms with Crippen molar-refractivity contribution in [1.82, 2.24) is 0 Å². The summed E-state index contributed by atoms with van der Waals surface area (Å²) in [5.74, 6) is 0. The van der Waals surface area contributed by atoms with Crippen molar-refractivity contribution in [1.29, 1.82) is 0 Å². The predicted octanol–water partition coefficient (Wildman–Crippen LogP) is -0.736. The van der Waals surface area contributed by atoms with Crippen LogP contribution in [0, 0.1) is 0 Å². The molecule has 1 saturated heterocycles. The molecule has 106 valence electrons. The van der Waals surface area contributed by atoms with Gasteiger partial charge in [-0.05, 0) is 6.42 Å². The van der Waals surface area contributed by atoms with E-state index in [-0.39, 0.29) is 13.2 Å². The lowest BCUT2D eigenvalue weighted by Crippen LogP contribution is -2.36. The van der Waals surface area contributed by atoms with Gasteiger partial charge in [0, 0.05) is 7.11 Å². The molecule has 0 aromatic heterocycles. The molecule has 18 heavy (non-hydrogen) atoms. The van der Waals surface area contributed by atoms with Gasteiger partial charge in [0.25, 0.3) is 0 Å². The Kier molecular flexibility index (Phi) is 6.27. The molecule has 2 unspecified atom stereocenters. The number of ether oxygens (including phenoxy) is 2. The Labute approximate surface area is 107 Å². The second-order valence-corrected chi connectivity index (χ2v) is 5.60. The zero-order valence-electron chi connectivity index (χ0n) is 10.8. The first kappa shape index (κ1) is 16.1. The number of hydrogen-bond acceptors (Lipinski definition) is 6. The average Bonchev–Trinajstić information content (AvgIpc) is 2.55. The van der Waals surface area contributed by atoms with Gasteiger partial charge in [-0.25, -0.2) is 4.57 Å². The molecule has 0 spiro atoms. The number of methoxy groups -OCH3 is 1. The van der Waals surface area contributed by atoms with Gasteiger partial charge >= 0.3 is 7.82 Å². The van der Waals surface area contributed by atoms with E-state index < -0.39 is 32.1 Å². The maximum absolute atomic E-state index is 11.6. The van der Waals surface area contributed by atoms with Crippen LogP contribution >= 0.6 is 7.82 Å². The normalized spacial score (nSPS) is 35.6. The smallest absolute Gasteiger partial charge is 0.388 e. The van der Waals surface area contributed by atoms with Gasteiger partial charge in [-0.3, -0.25) is 9.05 Å². The Morgan fingerprint density at radius 2 is 2.17 bits per heavy atom. The van der Waals surface area contributed by atoms with Crippen molar-refractivity contribution in [3.05, 3.63) is 0 Å². The van der Waals surface area contributed by atoms with E-state index in [0.29, 0.717) is 6.42 Å². The molecule has 1 fully saturated rings. The van der Waals surface area contributed by atoms with Crippen molar-refractivity contribution in [2.75, 3.05) is 20.3 Å². The highest BCUT2D eigenvalue weighted by Crippen LogP contribution is 2.47. The van der Waals surface area contributed by atoms with Crippen molar-refractivity contribution in [3.63, 3.8) is 0 Å². The van der Waals surface area contributed by atoms with Gasteiger partial charge in [-0.2, -0.15) is 0 Å². The Bertz CT molecular complexity index is 303. The van der Waals surface area contributed by atoms with Crippen LogP contribution in [0.25, 0.3) is 0 Å². The van der Waals surface area contributed by atoms with E-state index in [4.69, 9.17) is 18.5 Å². The molecule has 2 N–H and O–H groups in total. The largest absolute Gasteiger partial charge is 0.472 e. The number of aliphatic hydroxyl groups is 1. The fourth-order valence-electron chi connectivity index (χ4n) is 1.74. The van der Waals surface area contributed by atoms with Crippen LogP contribution in [0.3, 0.4) is 0 Å². The summed E-state index contributed by atoms with van der Waals surface area (Å²) in [5.41, 5.74) is 0. The minimum Gasteiger partial charge on any atom is -0.388 e. The standard InChI is InChI=1S/C9H20BO7P/c1-3-4-15-18(12,13)17-8-6(5-14-2)16-9(10)7(8)11/h6-9,11H,3-5,10H2,1-2H3,(H,12,13)/t6-,7+,8?,9-/m1/s1. The third kappa shape index (κ3) is 4.31. The van der Waals surface area contributed by atoms with Crippen LogP contribution in [-0.4, -0.2) is 62.5 Å². The lowest BCUT2D eigenvalue weighted by atomic mass is 9.93. The molecule has 7 nitrogen and oxygen atoms in total. The topological polar surface area (TPSA) is 94.5 Å². The zero-order chi connectivity index (χ0) is 13.8. The Hall–Kier alpha value is 0.0549. The Morgan fingerprint density at radius 3 is 2.72 bits per heavy atom. The summed E-state index contributed by atoms with van der Waals surface area (Å²) in [6, 6.07) is -0.485. The monoisotopic (exact) mass is 282 g/mol. The summed E-state index contributed by atoms with van der Waals surface area (Å²) in [6.45, 7) is 2.09. The second kappa shape index (κ2) is 7.00. The van der Waals surface area contributed by atoms with Crippen LogP contribution in [0.4, 0.5) is 0 Å². The molecule has 0 aromatic rings. The molecule has 0 aromatic carbocycles. The molecule has 5 atom stereocenters. The van der Waals surface area contributed by atoms with Crippen molar-refractivity contribution in [2.45, 2.75) is 37.7 Å². The van der Waals surface area contributed by atoms with E-state index in [1.807, 2.05) is 6.92 Å². The lowest BCUT2D eigenvalue weighted by Gasteiger charge is -2.22. The van der Waals surface area contributed by atoms with Crippen molar-refractivity contribution in [2.24, 2.45) is 0 Å². The molecule has 1 heterocycles. The van der Waals surface area contributed by atoms with Crippen molar-refractivity contribution >= 4 is 15.7 Å². The van der Waals surface area contributed by atoms with E-state index >= 15 is 0 Å². The van der Waals surface area contributed by atoms with Gasteiger partial charge in [0.2, 0.25) is 0 Å². The molecule has 1 aliphatic heterocycles. The van der Waals surface area contributed by atoms with Crippen LogP contribution in [-0.2, 0) is 23.1 Å². The molecule has 0 radical (unpaired) electrons. The van der Waals surface area contributed by atoms with Crippen molar-refractivity contribution < 1.29 is 33.1 Å². The third-order valence-corrected chi connectivity index (χ3v) is 3.64. The second-order valence-electron chi connectivity index (χ2n) is 4.20. The maximum atomic E-state index is 11.6. The molecule has 0 saturated carbocycles. The van der Waals surface area contributed by atoms with Gasteiger partial charge in [-0.1, -0.05) is 6.92 Å². The van der Waals surface area contributed by atoms with Gasteiger partial charge in [0.15, 0.2) is 0 Å². The third-order valence-electron chi connectivity index (χ3n) is 2.62. The van der Waals surface area contributed by atoms with Crippen LogP contribution in [0.1, 0.15) is 13.3 Å². The Morgan fingerprint density at radius 1 is 1.50 bits per heavy atom.